The minimum Gasteiger partial charge on any atom is -0.412 e. The summed E-state index contributed by atoms with van der Waals surface area (Å²) in [5, 5.41) is 0. The normalized spacial score (nSPS) is 6.00. The quantitative estimate of drug-likeness (QED) is 0.500. The van der Waals surface area contributed by atoms with Crippen LogP contribution in [0.15, 0.2) is 0 Å². The molecule has 0 fully saturated rings. The van der Waals surface area contributed by atoms with Crippen LogP contribution in [0.4, 0.5) is 0 Å². The van der Waals surface area contributed by atoms with Crippen molar-refractivity contribution in [1.29, 1.82) is 0 Å². The Bertz CT molecular complexity index is 28.5. The Kier molecular flexibility index (Phi) is 56.2. The molecule has 0 aromatic carbocycles. The monoisotopic (exact) mass is 368 g/mol. The summed E-state index contributed by atoms with van der Waals surface area (Å²) in [6, 6.07) is 0. The third-order valence-corrected chi connectivity index (χ3v) is 3.44. The van der Waals surface area contributed by atoms with Crippen LogP contribution in [0.5, 0.6) is 0 Å². The van der Waals surface area contributed by atoms with Crippen molar-refractivity contribution in [3.63, 3.8) is 0 Å². The molecule has 0 rings (SSSR count). The average molecular weight is 366 g/mol. The zero-order valence-electron chi connectivity index (χ0n) is 5.50. The van der Waals surface area contributed by atoms with Crippen LogP contribution in [-0.4, -0.2) is 54.9 Å². The number of halogens is 1. The van der Waals surface area contributed by atoms with E-state index in [1.807, 2.05) is 0 Å². The Morgan fingerprint density at radius 1 is 1.33 bits per heavy atom. The van der Waals surface area contributed by atoms with Gasteiger partial charge in [0.05, 0.1) is 0 Å². The van der Waals surface area contributed by atoms with Gasteiger partial charge in [0.1, 0.15) is 0 Å². The molecule has 56 valence electrons. The fourth-order valence-electron chi connectivity index (χ4n) is 0.244. The van der Waals surface area contributed by atoms with E-state index in [4.69, 9.17) is 8.92 Å². The molecule has 5 heteroatoms. The second-order valence-electron chi connectivity index (χ2n) is 1.24. The van der Waals surface area contributed by atoms with E-state index >= 15 is 0 Å². The van der Waals surface area contributed by atoms with Crippen molar-refractivity contribution in [1.82, 2.24) is 0 Å². The van der Waals surface area contributed by atoms with Crippen LogP contribution in [0.25, 0.3) is 0 Å². The maximum atomic E-state index is 5.55. The zero-order valence-corrected chi connectivity index (χ0v) is 12.0. The van der Waals surface area contributed by atoms with Crippen LogP contribution in [0.2, 0.25) is 4.44 Å². The van der Waals surface area contributed by atoms with Gasteiger partial charge < -0.3 is 11.0 Å². The van der Waals surface area contributed by atoms with Gasteiger partial charge in [-0.25, -0.2) is 0 Å². The van der Waals surface area contributed by atoms with E-state index in [0.29, 0.717) is 0 Å². The van der Waals surface area contributed by atoms with Crippen LogP contribution < -0.4 is 0 Å². The number of unbranched alkanes of at least 4 members (excludes halogenated alkanes) is 1. The van der Waals surface area contributed by atoms with E-state index in [0.717, 1.165) is 0 Å². The summed E-state index contributed by atoms with van der Waals surface area (Å²) in [6.45, 7) is 2.20. The van der Waals surface area contributed by atoms with Crippen LogP contribution >= 0.6 is 8.92 Å². The Morgan fingerprint density at radius 2 is 1.78 bits per heavy atom. The summed E-state index contributed by atoms with van der Waals surface area (Å²) < 4.78 is 1.35. The van der Waals surface area contributed by atoms with Gasteiger partial charge in [-0.1, -0.05) is 0 Å². The zero-order chi connectivity index (χ0) is 4.83. The minimum absolute atomic E-state index is 0. The molecule has 0 saturated heterocycles. The maximum absolute atomic E-state index is 5.55. The van der Waals surface area contributed by atoms with Crippen LogP contribution in [0, 0.1) is 0 Å². The van der Waals surface area contributed by atoms with Crippen molar-refractivity contribution < 1.29 is 11.0 Å². The van der Waals surface area contributed by atoms with Crippen molar-refractivity contribution in [2.24, 2.45) is 0 Å². The Morgan fingerprint density at radius 3 is 1.89 bits per heavy atom. The predicted molar refractivity (Wildman–Crippen MR) is 44.3 cm³/mol. The molecule has 0 aliphatic heterocycles. The van der Waals surface area contributed by atoms with E-state index in [1.54, 1.807) is 0 Å². The molecule has 2 nitrogen and oxygen atoms in total. The second-order valence-corrected chi connectivity index (χ2v) is 5.22. The first-order chi connectivity index (χ1) is 2.91. The van der Waals surface area contributed by atoms with Gasteiger partial charge in [-0.3, -0.25) is 0 Å². The standard InChI is InChI=1S/C4H9.ClH.2H2O.2Sn/c1-3-4-2;;;;;/h1,3-4H2,2H3;1H;2*1H2;;/q;;;;;+1/p-1. The van der Waals surface area contributed by atoms with E-state index in [-0.39, 0.29) is 54.9 Å². The number of rotatable bonds is 3. The molecular formula is C4H13ClO2Sn2. The van der Waals surface area contributed by atoms with E-state index < -0.39 is 0 Å². The summed E-state index contributed by atoms with van der Waals surface area (Å²) in [7, 11) is 5.55. The van der Waals surface area contributed by atoms with E-state index in [2.05, 4.69) is 6.92 Å². The SMILES string of the molecule is CCC[CH2][Sn][Cl].O.O.[Sn]. The molecule has 0 aliphatic carbocycles. The summed E-state index contributed by atoms with van der Waals surface area (Å²) in [5.74, 6) is 0. The fourth-order valence-corrected chi connectivity index (χ4v) is 2.53. The molecule has 0 bridgehead atoms. The number of hydrogen-bond acceptors (Lipinski definition) is 0. The molecule has 0 heterocycles. The van der Waals surface area contributed by atoms with Crippen molar-refractivity contribution in [2.75, 3.05) is 0 Å². The van der Waals surface area contributed by atoms with Crippen LogP contribution in [0.3, 0.4) is 0 Å². The molecule has 0 unspecified atom stereocenters. The third kappa shape index (κ3) is 25.9. The molecule has 6 radical (unpaired) electrons. The molecule has 0 amide bonds. The first-order valence-corrected chi connectivity index (χ1v) is 7.88. The van der Waals surface area contributed by atoms with Gasteiger partial charge in [0, 0.05) is 23.9 Å². The Balaban J connectivity index is -0.0000000417. The van der Waals surface area contributed by atoms with Gasteiger partial charge in [0.15, 0.2) is 0 Å². The molecule has 0 aliphatic rings. The Labute approximate surface area is 87.2 Å². The average Bonchev–Trinajstić information content (AvgIpc) is 1.61. The summed E-state index contributed by atoms with van der Waals surface area (Å²) in [4.78, 5) is 0. The molecule has 9 heavy (non-hydrogen) atoms. The first-order valence-electron chi connectivity index (χ1n) is 2.25. The molecule has 0 spiro atoms. The van der Waals surface area contributed by atoms with Gasteiger partial charge in [0.25, 0.3) is 0 Å². The van der Waals surface area contributed by atoms with Crippen LogP contribution in [0.1, 0.15) is 19.8 Å². The number of hydrogen-bond donors (Lipinski definition) is 0. The predicted octanol–water partition coefficient (Wildman–Crippen LogP) is 0.0326. The van der Waals surface area contributed by atoms with E-state index in [9.17, 15) is 0 Å². The summed E-state index contributed by atoms with van der Waals surface area (Å²) in [5.41, 5.74) is 0. The van der Waals surface area contributed by atoms with E-state index in [1.165, 1.54) is 17.3 Å². The van der Waals surface area contributed by atoms with Crippen LogP contribution in [-0.2, 0) is 0 Å². The van der Waals surface area contributed by atoms with Gasteiger partial charge >= 0.3 is 53.1 Å². The second kappa shape index (κ2) is 22.6. The topological polar surface area (TPSA) is 63.0 Å². The first kappa shape index (κ1) is 22.4. The van der Waals surface area contributed by atoms with Gasteiger partial charge in [-0.15, -0.1) is 0 Å². The van der Waals surface area contributed by atoms with Crippen molar-refractivity contribution >= 4 is 52.8 Å². The minimum atomic E-state index is -0.338. The van der Waals surface area contributed by atoms with Gasteiger partial charge in [0.2, 0.25) is 0 Å². The molecule has 0 atom stereocenters. The molecular weight excluding hydrogens is 353 g/mol. The van der Waals surface area contributed by atoms with Crippen molar-refractivity contribution in [3.8, 4) is 0 Å². The summed E-state index contributed by atoms with van der Waals surface area (Å²) >= 11 is -0.338. The third-order valence-electron chi connectivity index (χ3n) is 0.625. The maximum Gasteiger partial charge on any atom is 0 e. The summed E-state index contributed by atoms with van der Waals surface area (Å²) in [6.07, 6.45) is 2.67. The van der Waals surface area contributed by atoms with Gasteiger partial charge in [-0.05, 0) is 0 Å². The molecule has 0 saturated carbocycles. The molecule has 0 aromatic rings. The van der Waals surface area contributed by atoms with Crippen molar-refractivity contribution in [2.45, 2.75) is 24.2 Å². The Hall–Kier alpha value is 1.81. The fraction of sp³-hybridized carbons (Fsp3) is 1.00. The molecule has 4 N–H and O–H groups in total. The smallest absolute Gasteiger partial charge is 0 e. The largest absolute Gasteiger partial charge is 0.412 e. The van der Waals surface area contributed by atoms with Crippen molar-refractivity contribution in [3.05, 3.63) is 0 Å². The molecule has 0 aromatic heterocycles. The van der Waals surface area contributed by atoms with Gasteiger partial charge in [-0.2, -0.15) is 0 Å².